The summed E-state index contributed by atoms with van der Waals surface area (Å²) in [6.45, 7) is 5.21. The third-order valence-corrected chi connectivity index (χ3v) is 5.46. The zero-order valence-electron chi connectivity index (χ0n) is 17.2. The molecule has 7 heteroatoms. The van der Waals surface area contributed by atoms with Crippen molar-refractivity contribution in [3.8, 4) is 5.75 Å². The summed E-state index contributed by atoms with van der Waals surface area (Å²) < 4.78 is 11.8. The number of rotatable bonds is 9. The fourth-order valence-electron chi connectivity index (χ4n) is 3.48. The number of nitrogens with zero attached hydrogens (tertiary/aromatic N) is 1. The van der Waals surface area contributed by atoms with Gasteiger partial charge in [0, 0.05) is 30.2 Å². The monoisotopic (exact) mass is 453 g/mol. The van der Waals surface area contributed by atoms with E-state index in [0.29, 0.717) is 26.3 Å². The first-order chi connectivity index (χ1) is 14.0. The lowest BCUT2D eigenvalue weighted by molar-refractivity contribution is -0.137. The number of carbonyl (C=O) groups is 1. The van der Waals surface area contributed by atoms with Gasteiger partial charge in [0.05, 0.1) is 19.1 Å². The molecule has 1 heterocycles. The number of carboxylic acids is 1. The molecule has 1 aliphatic heterocycles. The third kappa shape index (κ3) is 7.17. The molecule has 0 radical (unpaired) electrons. The quantitative estimate of drug-likeness (QED) is 0.569. The van der Waals surface area contributed by atoms with E-state index in [4.69, 9.17) is 26.2 Å². The largest absolute Gasteiger partial charge is 0.489 e. The van der Waals surface area contributed by atoms with Gasteiger partial charge in [0.25, 0.3) is 0 Å². The summed E-state index contributed by atoms with van der Waals surface area (Å²) in [6, 6.07) is 14.0. The Balaban J connectivity index is 0.00000320. The second kappa shape index (κ2) is 12.2. The third-order valence-electron chi connectivity index (χ3n) is 5.09. The Morgan fingerprint density at radius 3 is 2.73 bits per heavy atom. The van der Waals surface area contributed by atoms with Crippen molar-refractivity contribution in [3.05, 3.63) is 64.2 Å². The lowest BCUT2D eigenvalue weighted by Crippen LogP contribution is -2.39. The van der Waals surface area contributed by atoms with Crippen LogP contribution in [0, 0.1) is 0 Å². The van der Waals surface area contributed by atoms with Gasteiger partial charge in [0.2, 0.25) is 0 Å². The summed E-state index contributed by atoms with van der Waals surface area (Å²) in [7, 11) is 0. The lowest BCUT2D eigenvalue weighted by atomic mass is 10.1. The van der Waals surface area contributed by atoms with Crippen molar-refractivity contribution in [2.24, 2.45) is 0 Å². The molecule has 1 atom stereocenters. The number of benzene rings is 2. The Morgan fingerprint density at radius 1 is 1.27 bits per heavy atom. The molecule has 164 valence electrons. The molecular formula is C23H29Cl2NO4. The van der Waals surface area contributed by atoms with Crippen LogP contribution in [0.5, 0.6) is 5.75 Å². The van der Waals surface area contributed by atoms with Crippen LogP contribution >= 0.6 is 24.0 Å². The van der Waals surface area contributed by atoms with E-state index in [9.17, 15) is 4.79 Å². The topological polar surface area (TPSA) is 59.0 Å². The van der Waals surface area contributed by atoms with Crippen LogP contribution in [-0.4, -0.2) is 42.2 Å². The Kier molecular flexibility index (Phi) is 9.92. The summed E-state index contributed by atoms with van der Waals surface area (Å²) in [4.78, 5) is 12.9. The van der Waals surface area contributed by atoms with Crippen molar-refractivity contribution in [1.82, 2.24) is 4.90 Å². The number of ether oxygens (including phenoxy) is 2. The Labute approximate surface area is 189 Å². The van der Waals surface area contributed by atoms with Gasteiger partial charge < -0.3 is 14.6 Å². The first-order valence-electron chi connectivity index (χ1n) is 10.1. The minimum atomic E-state index is -0.769. The average Bonchev–Trinajstić information content (AvgIpc) is 2.73. The molecule has 0 spiro atoms. The van der Waals surface area contributed by atoms with Gasteiger partial charge in [-0.2, -0.15) is 0 Å². The molecule has 2 aromatic rings. The molecule has 5 nitrogen and oxygen atoms in total. The normalized spacial score (nSPS) is 16.7. The van der Waals surface area contributed by atoms with E-state index in [2.05, 4.69) is 24.0 Å². The van der Waals surface area contributed by atoms with E-state index in [1.54, 1.807) is 0 Å². The highest BCUT2D eigenvalue weighted by Crippen LogP contribution is 2.26. The number of aliphatic carboxylic acids is 1. The average molecular weight is 454 g/mol. The number of hydrogen-bond donors (Lipinski definition) is 1. The molecule has 1 fully saturated rings. The lowest BCUT2D eigenvalue weighted by Gasteiger charge is -2.32. The molecule has 30 heavy (non-hydrogen) atoms. The zero-order chi connectivity index (χ0) is 20.6. The molecule has 3 rings (SSSR count). The van der Waals surface area contributed by atoms with Crippen LogP contribution in [0.15, 0.2) is 42.5 Å². The molecule has 0 bridgehead atoms. The van der Waals surface area contributed by atoms with Crippen molar-refractivity contribution in [3.63, 3.8) is 0 Å². The van der Waals surface area contributed by atoms with Crippen molar-refractivity contribution in [2.45, 2.75) is 38.9 Å². The maximum atomic E-state index is 10.8. The second-order valence-electron chi connectivity index (χ2n) is 7.34. The van der Waals surface area contributed by atoms with Crippen LogP contribution in [0.3, 0.4) is 0 Å². The molecule has 0 saturated carbocycles. The summed E-state index contributed by atoms with van der Waals surface area (Å²) in [6.07, 6.45) is 2.23. The predicted octanol–water partition coefficient (Wildman–Crippen LogP) is 5.14. The van der Waals surface area contributed by atoms with E-state index >= 15 is 0 Å². The first-order valence-corrected chi connectivity index (χ1v) is 10.5. The van der Waals surface area contributed by atoms with Crippen LogP contribution in [0.1, 0.15) is 42.6 Å². The number of hydrogen-bond acceptors (Lipinski definition) is 4. The van der Waals surface area contributed by atoms with Crippen molar-refractivity contribution in [2.75, 3.05) is 26.2 Å². The molecule has 0 aromatic heterocycles. The van der Waals surface area contributed by atoms with E-state index in [-0.39, 0.29) is 24.9 Å². The zero-order valence-corrected chi connectivity index (χ0v) is 18.8. The minimum Gasteiger partial charge on any atom is -0.489 e. The van der Waals surface area contributed by atoms with Crippen LogP contribution in [0.25, 0.3) is 0 Å². The van der Waals surface area contributed by atoms with Gasteiger partial charge in [0.15, 0.2) is 0 Å². The Bertz CT molecular complexity index is 813. The van der Waals surface area contributed by atoms with Crippen LogP contribution in [0.2, 0.25) is 5.02 Å². The molecule has 1 saturated heterocycles. The van der Waals surface area contributed by atoms with Gasteiger partial charge in [-0.3, -0.25) is 9.69 Å². The standard InChI is InChI=1S/C23H28ClNO4.ClH/c1-2-3-17-4-9-21(24)19(14-17)16-29-20-7-5-18(6-8-20)22-15-25(12-13-28-22)11-10-23(26)27;/h4-9,14,22H,2-3,10-13,15-16H2,1H3,(H,26,27);1H. The highest BCUT2D eigenvalue weighted by atomic mass is 35.5. The maximum Gasteiger partial charge on any atom is 0.304 e. The van der Waals surface area contributed by atoms with E-state index in [1.165, 1.54) is 5.56 Å². The molecule has 0 amide bonds. The predicted molar refractivity (Wildman–Crippen MR) is 121 cm³/mol. The molecule has 1 unspecified atom stereocenters. The summed E-state index contributed by atoms with van der Waals surface area (Å²) >= 11 is 6.31. The molecule has 0 aliphatic carbocycles. The highest BCUT2D eigenvalue weighted by molar-refractivity contribution is 6.31. The summed E-state index contributed by atoms with van der Waals surface area (Å²) in [5, 5.41) is 9.59. The van der Waals surface area contributed by atoms with Crippen LogP contribution < -0.4 is 4.74 Å². The number of morpholine rings is 1. The van der Waals surface area contributed by atoms with E-state index in [1.807, 2.05) is 30.3 Å². The van der Waals surface area contributed by atoms with Gasteiger partial charge >= 0.3 is 5.97 Å². The van der Waals surface area contributed by atoms with Gasteiger partial charge in [-0.05, 0) is 35.7 Å². The van der Waals surface area contributed by atoms with Crippen molar-refractivity contribution >= 4 is 30.0 Å². The highest BCUT2D eigenvalue weighted by Gasteiger charge is 2.22. The minimum absolute atomic E-state index is 0. The van der Waals surface area contributed by atoms with Gasteiger partial charge in [-0.15, -0.1) is 12.4 Å². The summed E-state index contributed by atoms with van der Waals surface area (Å²) in [5.74, 6) is 0.0131. The van der Waals surface area contributed by atoms with E-state index < -0.39 is 5.97 Å². The Morgan fingerprint density at radius 2 is 2.03 bits per heavy atom. The fourth-order valence-corrected chi connectivity index (χ4v) is 3.66. The number of aryl methyl sites for hydroxylation is 1. The van der Waals surface area contributed by atoms with E-state index in [0.717, 1.165) is 41.3 Å². The Hall–Kier alpha value is -1.79. The smallest absolute Gasteiger partial charge is 0.304 e. The molecule has 2 aromatic carbocycles. The number of halogens is 2. The molecule has 1 N–H and O–H groups in total. The number of carboxylic acid groups (broad SMARTS) is 1. The van der Waals surface area contributed by atoms with Crippen LogP contribution in [-0.2, 0) is 22.6 Å². The second-order valence-corrected chi connectivity index (χ2v) is 7.74. The fraction of sp³-hybridized carbons (Fsp3) is 0.435. The molecular weight excluding hydrogens is 425 g/mol. The van der Waals surface area contributed by atoms with Crippen molar-refractivity contribution in [1.29, 1.82) is 0 Å². The maximum absolute atomic E-state index is 10.8. The SMILES string of the molecule is CCCc1ccc(Cl)c(COc2ccc(C3CN(CCC(=O)O)CCO3)cc2)c1.Cl. The van der Waals surface area contributed by atoms with Crippen LogP contribution in [0.4, 0.5) is 0 Å². The van der Waals surface area contributed by atoms with Gasteiger partial charge in [0.1, 0.15) is 12.4 Å². The van der Waals surface area contributed by atoms with Gasteiger partial charge in [-0.25, -0.2) is 0 Å². The van der Waals surface area contributed by atoms with Crippen molar-refractivity contribution < 1.29 is 19.4 Å². The van der Waals surface area contributed by atoms with Gasteiger partial charge in [-0.1, -0.05) is 49.2 Å². The summed E-state index contributed by atoms with van der Waals surface area (Å²) in [5.41, 5.74) is 3.33. The molecule has 1 aliphatic rings. The first kappa shape index (κ1) is 24.5.